The fourth-order valence-corrected chi connectivity index (χ4v) is 4.82. The van der Waals surface area contributed by atoms with Crippen molar-refractivity contribution in [1.29, 1.82) is 0 Å². The van der Waals surface area contributed by atoms with Gasteiger partial charge in [-0.1, -0.05) is 72.5 Å². The summed E-state index contributed by atoms with van der Waals surface area (Å²) in [5, 5.41) is 9.73. The molecule has 0 bridgehead atoms. The summed E-state index contributed by atoms with van der Waals surface area (Å²) in [6.07, 6.45) is 4.65. The van der Waals surface area contributed by atoms with E-state index < -0.39 is 11.5 Å². The molecule has 4 rings (SSSR count). The zero-order chi connectivity index (χ0) is 22.7. The fraction of sp³-hybridized carbons (Fsp3) is 0.346. The van der Waals surface area contributed by atoms with E-state index in [1.807, 2.05) is 30.3 Å². The second-order valence-corrected chi connectivity index (χ2v) is 8.81. The molecule has 2 N–H and O–H groups in total. The molecular weight excluding hydrogens is 404 g/mol. The van der Waals surface area contributed by atoms with Crippen molar-refractivity contribution in [1.82, 2.24) is 9.97 Å². The third-order valence-corrected chi connectivity index (χ3v) is 6.26. The third-order valence-electron chi connectivity index (χ3n) is 6.26. The number of benzene rings is 2. The molecule has 1 aromatic heterocycles. The van der Waals surface area contributed by atoms with Crippen LogP contribution in [0, 0.1) is 13.8 Å². The molecule has 0 amide bonds. The van der Waals surface area contributed by atoms with Crippen LogP contribution in [-0.4, -0.2) is 21.0 Å². The minimum Gasteiger partial charge on any atom is -0.481 e. The largest absolute Gasteiger partial charge is 0.481 e. The smallest absolute Gasteiger partial charge is 0.358 e. The van der Waals surface area contributed by atoms with Crippen molar-refractivity contribution < 1.29 is 14.6 Å². The van der Waals surface area contributed by atoms with E-state index in [1.165, 1.54) is 16.7 Å². The number of aromatic carboxylic acids is 1. The number of carbonyl (C=O) groups is 1. The molecule has 6 heteroatoms. The minimum atomic E-state index is -1.27. The first kappa shape index (κ1) is 21.8. The number of hydrogen-bond donors (Lipinski definition) is 2. The molecule has 1 saturated carbocycles. The van der Waals surface area contributed by atoms with E-state index in [4.69, 9.17) is 4.74 Å². The molecule has 32 heavy (non-hydrogen) atoms. The number of aryl methyl sites for hydroxylation is 2. The van der Waals surface area contributed by atoms with Crippen molar-refractivity contribution in [2.75, 3.05) is 0 Å². The van der Waals surface area contributed by atoms with Gasteiger partial charge in [0.25, 0.3) is 5.56 Å². The second-order valence-electron chi connectivity index (χ2n) is 8.81. The maximum atomic E-state index is 12.8. The number of rotatable bonds is 7. The lowest BCUT2D eigenvalue weighted by Gasteiger charge is -2.30. The van der Waals surface area contributed by atoms with Gasteiger partial charge in [-0.2, -0.15) is 0 Å². The van der Waals surface area contributed by atoms with Gasteiger partial charge in [0, 0.05) is 11.8 Å². The van der Waals surface area contributed by atoms with Gasteiger partial charge in [0.2, 0.25) is 5.75 Å². The van der Waals surface area contributed by atoms with Crippen molar-refractivity contribution in [3.8, 4) is 5.75 Å². The molecule has 1 heterocycles. The van der Waals surface area contributed by atoms with Gasteiger partial charge in [0.05, 0.1) is 0 Å². The van der Waals surface area contributed by atoms with Crippen LogP contribution in [0.4, 0.5) is 0 Å². The first-order chi connectivity index (χ1) is 15.4. The molecule has 0 spiro atoms. The van der Waals surface area contributed by atoms with Crippen LogP contribution < -0.4 is 10.3 Å². The first-order valence-electron chi connectivity index (χ1n) is 11.0. The summed E-state index contributed by atoms with van der Waals surface area (Å²) in [4.78, 5) is 31.9. The van der Waals surface area contributed by atoms with Gasteiger partial charge in [0.1, 0.15) is 12.4 Å². The van der Waals surface area contributed by atoms with Gasteiger partial charge >= 0.3 is 5.97 Å². The average Bonchev–Trinajstić information content (AvgIpc) is 3.22. The van der Waals surface area contributed by atoms with Gasteiger partial charge in [-0.25, -0.2) is 9.78 Å². The number of aromatic amines is 1. The van der Waals surface area contributed by atoms with Gasteiger partial charge < -0.3 is 14.8 Å². The van der Waals surface area contributed by atoms with Gasteiger partial charge in [-0.3, -0.25) is 4.79 Å². The minimum absolute atomic E-state index is 0.0950. The zero-order valence-electron chi connectivity index (χ0n) is 18.5. The highest BCUT2D eigenvalue weighted by Gasteiger charge is 2.37. The summed E-state index contributed by atoms with van der Waals surface area (Å²) in [5.41, 5.74) is 3.41. The monoisotopic (exact) mass is 432 g/mol. The summed E-state index contributed by atoms with van der Waals surface area (Å²) in [7, 11) is 0. The number of ether oxygens (including phenoxy) is 1. The summed E-state index contributed by atoms with van der Waals surface area (Å²) in [5.74, 6) is -1.13. The number of aromatic nitrogens is 2. The van der Waals surface area contributed by atoms with Crippen LogP contribution in [0.25, 0.3) is 0 Å². The molecule has 1 aliphatic rings. The van der Waals surface area contributed by atoms with Crippen LogP contribution in [0.1, 0.15) is 64.2 Å². The van der Waals surface area contributed by atoms with E-state index in [1.54, 1.807) is 0 Å². The summed E-state index contributed by atoms with van der Waals surface area (Å²) in [6.45, 7) is 4.26. The summed E-state index contributed by atoms with van der Waals surface area (Å²) in [6, 6.07) is 15.8. The zero-order valence-corrected chi connectivity index (χ0v) is 18.5. The highest BCUT2D eigenvalue weighted by molar-refractivity contribution is 5.88. The lowest BCUT2D eigenvalue weighted by atomic mass is 9.75. The quantitative estimate of drug-likeness (QED) is 0.564. The van der Waals surface area contributed by atoms with Crippen LogP contribution in [-0.2, 0) is 18.4 Å². The topological polar surface area (TPSA) is 92.3 Å². The summed E-state index contributed by atoms with van der Waals surface area (Å²) >= 11 is 0. The third kappa shape index (κ3) is 4.59. The molecular formula is C26H28N2O4. The molecule has 0 aliphatic heterocycles. The Morgan fingerprint density at radius 2 is 1.75 bits per heavy atom. The molecule has 6 nitrogen and oxygen atoms in total. The number of carboxylic acid groups (broad SMARTS) is 1. The molecule has 0 atom stereocenters. The van der Waals surface area contributed by atoms with E-state index in [-0.39, 0.29) is 23.5 Å². The van der Waals surface area contributed by atoms with Crippen LogP contribution in [0.2, 0.25) is 0 Å². The van der Waals surface area contributed by atoms with Crippen molar-refractivity contribution >= 4 is 5.97 Å². The highest BCUT2D eigenvalue weighted by Crippen LogP contribution is 2.43. The fourth-order valence-electron chi connectivity index (χ4n) is 4.82. The van der Waals surface area contributed by atoms with Crippen LogP contribution >= 0.6 is 0 Å². The van der Waals surface area contributed by atoms with Crippen LogP contribution in [0.15, 0.2) is 53.3 Å². The Morgan fingerprint density at radius 3 is 2.38 bits per heavy atom. The maximum Gasteiger partial charge on any atom is 0.358 e. The number of nitrogens with zero attached hydrogens (tertiary/aromatic N) is 1. The molecule has 166 valence electrons. The number of H-pyrrole nitrogens is 1. The lowest BCUT2D eigenvalue weighted by molar-refractivity contribution is 0.0683. The van der Waals surface area contributed by atoms with E-state index in [0.717, 1.165) is 31.2 Å². The Morgan fingerprint density at radius 1 is 1.09 bits per heavy atom. The number of carboxylic acids is 1. The number of nitrogens with one attached hydrogen (secondary N) is 1. The van der Waals surface area contributed by atoms with E-state index in [9.17, 15) is 14.7 Å². The molecule has 1 aliphatic carbocycles. The Balaban J connectivity index is 1.67. The predicted octanol–water partition coefficient (Wildman–Crippen LogP) is 4.72. The predicted molar refractivity (Wildman–Crippen MR) is 122 cm³/mol. The first-order valence-corrected chi connectivity index (χ1v) is 11.0. The second kappa shape index (κ2) is 8.99. The molecule has 0 unspecified atom stereocenters. The molecule has 0 saturated heterocycles. The number of hydrogen-bond acceptors (Lipinski definition) is 4. The molecule has 2 aromatic carbocycles. The van der Waals surface area contributed by atoms with Crippen LogP contribution in [0.3, 0.4) is 0 Å². The van der Waals surface area contributed by atoms with E-state index in [0.29, 0.717) is 12.2 Å². The van der Waals surface area contributed by atoms with Crippen molar-refractivity contribution in [2.45, 2.75) is 58.0 Å². The van der Waals surface area contributed by atoms with Gasteiger partial charge in [-0.05, 0) is 37.8 Å². The Kier molecular flexibility index (Phi) is 6.12. The molecule has 1 fully saturated rings. The SMILES string of the molecule is Cc1cc(C)cc(C2(Cc3nc(C(=O)O)c(OCc4ccccc4)c(=O)[nH]3)CCCC2)c1. The summed E-state index contributed by atoms with van der Waals surface area (Å²) < 4.78 is 5.59. The van der Waals surface area contributed by atoms with Crippen LogP contribution in [0.5, 0.6) is 5.75 Å². The standard InChI is InChI=1S/C26H28N2O4/c1-17-12-18(2)14-20(13-17)26(10-6-7-11-26)15-21-27-22(25(30)31)23(24(29)28-21)32-16-19-8-4-3-5-9-19/h3-5,8-9,12-14H,6-7,10-11,15-16H2,1-2H3,(H,30,31)(H,27,28,29). The Labute approximate surface area is 187 Å². The van der Waals surface area contributed by atoms with Crippen molar-refractivity contribution in [3.63, 3.8) is 0 Å². The van der Waals surface area contributed by atoms with Gasteiger partial charge in [0.15, 0.2) is 5.69 Å². The highest BCUT2D eigenvalue weighted by atomic mass is 16.5. The maximum absolute atomic E-state index is 12.8. The Hall–Kier alpha value is -3.41. The lowest BCUT2D eigenvalue weighted by Crippen LogP contribution is -2.29. The van der Waals surface area contributed by atoms with Crippen molar-refractivity contribution in [3.05, 3.63) is 92.7 Å². The molecule has 0 radical (unpaired) electrons. The van der Waals surface area contributed by atoms with Crippen molar-refractivity contribution in [2.24, 2.45) is 0 Å². The Bertz CT molecular complexity index is 1160. The van der Waals surface area contributed by atoms with Gasteiger partial charge in [-0.15, -0.1) is 0 Å². The average molecular weight is 433 g/mol. The van der Waals surface area contributed by atoms with E-state index in [2.05, 4.69) is 42.0 Å². The molecule has 3 aromatic rings. The normalized spacial score (nSPS) is 14.9. The van der Waals surface area contributed by atoms with E-state index >= 15 is 0 Å².